The van der Waals surface area contributed by atoms with Gasteiger partial charge in [0.1, 0.15) is 0 Å². The first kappa shape index (κ1) is 25.9. The quantitative estimate of drug-likeness (QED) is 0.444. The van der Waals surface area contributed by atoms with Gasteiger partial charge < -0.3 is 9.47 Å². The number of aromatic nitrogens is 2. The highest BCUT2D eigenvalue weighted by Crippen LogP contribution is 2.23. The number of aryl methyl sites for hydroxylation is 1. The molecule has 0 bridgehead atoms. The first-order valence-electron chi connectivity index (χ1n) is 11.9. The van der Waals surface area contributed by atoms with Crippen molar-refractivity contribution in [3.8, 4) is 0 Å². The van der Waals surface area contributed by atoms with E-state index in [9.17, 15) is 13.2 Å². The fourth-order valence-electron chi connectivity index (χ4n) is 4.07. The van der Waals surface area contributed by atoms with Crippen LogP contribution in [0.5, 0.6) is 0 Å². The lowest BCUT2D eigenvalue weighted by Crippen LogP contribution is -2.31. The number of nitrogens with one attached hydrogen (secondary N) is 1. The summed E-state index contributed by atoms with van der Waals surface area (Å²) in [5, 5.41) is 2.94. The van der Waals surface area contributed by atoms with Gasteiger partial charge in [-0.25, -0.2) is 13.4 Å². The molecule has 1 heterocycles. The Morgan fingerprint density at radius 3 is 2.32 bits per heavy atom. The number of amides is 1. The number of carbonyl (C=O) groups is 1. The van der Waals surface area contributed by atoms with Crippen LogP contribution in [0, 0.1) is 6.92 Å². The smallest absolute Gasteiger partial charge is 0.258 e. The number of carbonyl (C=O) groups excluding carboxylic acids is 1. The van der Waals surface area contributed by atoms with E-state index in [4.69, 9.17) is 0 Å². The van der Waals surface area contributed by atoms with Crippen molar-refractivity contribution in [3.63, 3.8) is 0 Å². The van der Waals surface area contributed by atoms with Crippen LogP contribution in [0.2, 0.25) is 0 Å². The summed E-state index contributed by atoms with van der Waals surface area (Å²) in [4.78, 5) is 20.4. The van der Waals surface area contributed by atoms with Gasteiger partial charge in [-0.3, -0.25) is 10.1 Å². The number of hydrogen-bond donors (Lipinski definition) is 1. The summed E-state index contributed by atoms with van der Waals surface area (Å²) in [7, 11) is -3.67. The van der Waals surface area contributed by atoms with Gasteiger partial charge >= 0.3 is 0 Å². The van der Waals surface area contributed by atoms with Crippen molar-refractivity contribution in [2.75, 3.05) is 38.0 Å². The molecule has 0 aliphatic carbocycles. The molecule has 34 heavy (non-hydrogen) atoms. The molecule has 0 saturated heterocycles. The van der Waals surface area contributed by atoms with Crippen molar-refractivity contribution in [2.24, 2.45) is 0 Å². The van der Waals surface area contributed by atoms with Crippen LogP contribution >= 0.6 is 0 Å². The molecule has 0 fully saturated rings. The van der Waals surface area contributed by atoms with E-state index in [2.05, 4.69) is 29.0 Å². The maximum absolute atomic E-state index is 13.3. The summed E-state index contributed by atoms with van der Waals surface area (Å²) >= 11 is 0. The third-order valence-electron chi connectivity index (χ3n) is 6.21. The van der Waals surface area contributed by atoms with Gasteiger partial charge in [-0.05, 0) is 49.8 Å². The SMILES string of the molecule is CCN(CC)CCn1c(NC(=O)c2cc(S(=O)(=O)N(CC)CC)ccc2C)nc2ccccc21. The standard InChI is InChI=1S/C25H35N5O3S/c1-6-28(7-2)16-17-30-23-13-11-10-12-22(23)26-25(30)27-24(31)21-18-20(15-14-19(21)5)34(32,33)29(8-3)9-4/h10-15,18H,6-9,16-17H2,1-5H3,(H,26,27,31). The van der Waals surface area contributed by atoms with Crippen LogP contribution < -0.4 is 5.32 Å². The second kappa shape index (κ2) is 11.1. The molecule has 1 N–H and O–H groups in total. The van der Waals surface area contributed by atoms with E-state index < -0.39 is 10.0 Å². The second-order valence-corrected chi connectivity index (χ2v) is 10.1. The third kappa shape index (κ3) is 5.32. The van der Waals surface area contributed by atoms with Gasteiger partial charge in [-0.2, -0.15) is 4.31 Å². The van der Waals surface area contributed by atoms with Crippen molar-refractivity contribution >= 4 is 32.9 Å². The first-order chi connectivity index (χ1) is 16.3. The number of fused-ring (bicyclic) bond motifs is 1. The minimum atomic E-state index is -3.67. The number of sulfonamides is 1. The van der Waals surface area contributed by atoms with Crippen molar-refractivity contribution in [3.05, 3.63) is 53.6 Å². The Balaban J connectivity index is 1.95. The molecule has 0 aliphatic heterocycles. The van der Waals surface area contributed by atoms with E-state index in [0.717, 1.165) is 30.7 Å². The van der Waals surface area contributed by atoms with E-state index >= 15 is 0 Å². The van der Waals surface area contributed by atoms with Crippen molar-refractivity contribution in [1.82, 2.24) is 18.8 Å². The predicted octanol–water partition coefficient (Wildman–Crippen LogP) is 3.97. The van der Waals surface area contributed by atoms with Gasteiger partial charge in [0.25, 0.3) is 5.91 Å². The molecule has 8 nitrogen and oxygen atoms in total. The van der Waals surface area contributed by atoms with Gasteiger partial charge in [0, 0.05) is 31.7 Å². The number of benzene rings is 2. The summed E-state index contributed by atoms with van der Waals surface area (Å²) in [5.74, 6) is 0.0725. The molecule has 0 saturated carbocycles. The van der Waals surface area contributed by atoms with E-state index in [-0.39, 0.29) is 10.8 Å². The highest BCUT2D eigenvalue weighted by Gasteiger charge is 2.24. The Hall–Kier alpha value is -2.75. The number of nitrogens with zero attached hydrogens (tertiary/aromatic N) is 4. The van der Waals surface area contributed by atoms with Crippen LogP contribution in [0.25, 0.3) is 11.0 Å². The molecule has 2 aromatic carbocycles. The lowest BCUT2D eigenvalue weighted by atomic mass is 10.1. The highest BCUT2D eigenvalue weighted by atomic mass is 32.2. The topological polar surface area (TPSA) is 87.5 Å². The fraction of sp³-hybridized carbons (Fsp3) is 0.440. The number of imidazole rings is 1. The maximum Gasteiger partial charge on any atom is 0.258 e. The van der Waals surface area contributed by atoms with Crippen LogP contribution in [0.4, 0.5) is 5.95 Å². The molecule has 9 heteroatoms. The lowest BCUT2D eigenvalue weighted by molar-refractivity contribution is 0.102. The minimum absolute atomic E-state index is 0.113. The van der Waals surface area contributed by atoms with Gasteiger partial charge in [0.05, 0.1) is 15.9 Å². The second-order valence-electron chi connectivity index (χ2n) is 8.12. The zero-order chi connectivity index (χ0) is 24.9. The van der Waals surface area contributed by atoms with Crippen LogP contribution in [0.15, 0.2) is 47.4 Å². The molecular weight excluding hydrogens is 450 g/mol. The highest BCUT2D eigenvalue weighted by molar-refractivity contribution is 7.89. The Kier molecular flexibility index (Phi) is 8.46. The molecule has 184 valence electrons. The molecule has 3 rings (SSSR count). The van der Waals surface area contributed by atoms with Gasteiger partial charge in [0.2, 0.25) is 16.0 Å². The number of para-hydroxylation sites is 2. The molecule has 0 radical (unpaired) electrons. The van der Waals surface area contributed by atoms with Gasteiger partial charge in [-0.1, -0.05) is 45.9 Å². The monoisotopic (exact) mass is 485 g/mol. The lowest BCUT2D eigenvalue weighted by Gasteiger charge is -2.20. The summed E-state index contributed by atoms with van der Waals surface area (Å²) in [6.45, 7) is 13.8. The van der Waals surface area contributed by atoms with Crippen LogP contribution in [0.1, 0.15) is 43.6 Å². The largest absolute Gasteiger partial charge is 0.309 e. The average molecular weight is 486 g/mol. The van der Waals surface area contributed by atoms with Crippen molar-refractivity contribution < 1.29 is 13.2 Å². The van der Waals surface area contributed by atoms with Crippen molar-refractivity contribution in [2.45, 2.75) is 46.1 Å². The zero-order valence-electron chi connectivity index (χ0n) is 20.7. The molecule has 1 aromatic heterocycles. The van der Waals surface area contributed by atoms with Crippen LogP contribution in [-0.4, -0.2) is 65.8 Å². The summed E-state index contributed by atoms with van der Waals surface area (Å²) in [6.07, 6.45) is 0. The van der Waals surface area contributed by atoms with E-state index in [1.54, 1.807) is 32.9 Å². The molecule has 3 aromatic rings. The Morgan fingerprint density at radius 2 is 1.68 bits per heavy atom. The van der Waals surface area contributed by atoms with E-state index in [0.29, 0.717) is 36.7 Å². The fourth-order valence-corrected chi connectivity index (χ4v) is 5.55. The first-order valence-corrected chi connectivity index (χ1v) is 13.3. The minimum Gasteiger partial charge on any atom is -0.309 e. The molecule has 0 spiro atoms. The maximum atomic E-state index is 13.3. The Morgan fingerprint density at radius 1 is 1.00 bits per heavy atom. The third-order valence-corrected chi connectivity index (χ3v) is 8.26. The number of anilines is 1. The molecule has 1 amide bonds. The zero-order valence-corrected chi connectivity index (χ0v) is 21.5. The average Bonchev–Trinajstić information content (AvgIpc) is 3.17. The van der Waals surface area contributed by atoms with E-state index in [1.807, 2.05) is 28.8 Å². The summed E-state index contributed by atoms with van der Waals surface area (Å²) < 4.78 is 29.4. The molecule has 0 atom stereocenters. The number of rotatable bonds is 11. The van der Waals surface area contributed by atoms with Gasteiger partial charge in [-0.15, -0.1) is 0 Å². The van der Waals surface area contributed by atoms with Crippen LogP contribution in [-0.2, 0) is 16.6 Å². The number of hydrogen-bond acceptors (Lipinski definition) is 5. The Bertz CT molecular complexity index is 1240. The normalized spacial score (nSPS) is 12.1. The van der Waals surface area contributed by atoms with E-state index in [1.165, 1.54) is 10.4 Å². The summed E-state index contributed by atoms with van der Waals surface area (Å²) in [6, 6.07) is 12.5. The molecular formula is C25H35N5O3S. The van der Waals surface area contributed by atoms with Crippen LogP contribution in [0.3, 0.4) is 0 Å². The molecule has 0 unspecified atom stereocenters. The predicted molar refractivity (Wildman–Crippen MR) is 137 cm³/mol. The Labute approximate surface area is 202 Å². The molecule has 0 aliphatic rings. The van der Waals surface area contributed by atoms with Gasteiger partial charge in [0.15, 0.2) is 0 Å². The summed E-state index contributed by atoms with van der Waals surface area (Å²) in [5.41, 5.74) is 2.75. The van der Waals surface area contributed by atoms with Crippen molar-refractivity contribution in [1.29, 1.82) is 0 Å². The number of likely N-dealkylation sites (N-methyl/N-ethyl adjacent to an activating group) is 1.